The van der Waals surface area contributed by atoms with Gasteiger partial charge in [-0.2, -0.15) is 0 Å². The molecule has 25 heavy (non-hydrogen) atoms. The molecule has 0 aliphatic carbocycles. The van der Waals surface area contributed by atoms with Crippen molar-refractivity contribution in [1.82, 2.24) is 10.6 Å². The van der Waals surface area contributed by atoms with Gasteiger partial charge in [0.15, 0.2) is 0 Å². The molecule has 0 radical (unpaired) electrons. The van der Waals surface area contributed by atoms with Gasteiger partial charge in [0, 0.05) is 18.0 Å². The SMILES string of the molecule is C[C@H](CCO)NC(=O)NC(c1ccccc1)c1cc2ccccc2o1. The number of hydrogen-bond donors (Lipinski definition) is 3. The normalized spacial score (nSPS) is 13.4. The molecule has 2 amide bonds. The topological polar surface area (TPSA) is 74.5 Å². The Balaban J connectivity index is 1.86. The molecule has 0 spiro atoms. The van der Waals surface area contributed by atoms with Gasteiger partial charge in [0.1, 0.15) is 17.4 Å². The minimum Gasteiger partial charge on any atom is -0.459 e. The average Bonchev–Trinajstić information content (AvgIpc) is 3.04. The molecule has 2 aromatic carbocycles. The summed E-state index contributed by atoms with van der Waals surface area (Å²) in [6.45, 7) is 1.89. The predicted molar refractivity (Wildman–Crippen MR) is 97.3 cm³/mol. The van der Waals surface area contributed by atoms with Crippen LogP contribution in [0.2, 0.25) is 0 Å². The van der Waals surface area contributed by atoms with E-state index in [0.717, 1.165) is 16.5 Å². The van der Waals surface area contributed by atoms with E-state index in [1.165, 1.54) is 0 Å². The van der Waals surface area contributed by atoms with Crippen LogP contribution in [0.3, 0.4) is 0 Å². The highest BCUT2D eigenvalue weighted by molar-refractivity contribution is 5.79. The number of urea groups is 1. The number of benzene rings is 2. The first-order valence-corrected chi connectivity index (χ1v) is 8.38. The van der Waals surface area contributed by atoms with Crippen molar-refractivity contribution in [3.63, 3.8) is 0 Å². The lowest BCUT2D eigenvalue weighted by molar-refractivity contribution is 0.228. The molecule has 0 aliphatic rings. The molecule has 1 heterocycles. The van der Waals surface area contributed by atoms with Crippen LogP contribution in [0.5, 0.6) is 0 Å². The maximum atomic E-state index is 12.4. The van der Waals surface area contributed by atoms with Gasteiger partial charge in [-0.1, -0.05) is 48.5 Å². The highest BCUT2D eigenvalue weighted by Crippen LogP contribution is 2.28. The Hall–Kier alpha value is -2.79. The van der Waals surface area contributed by atoms with E-state index in [-0.39, 0.29) is 18.7 Å². The number of carbonyl (C=O) groups is 1. The summed E-state index contributed by atoms with van der Waals surface area (Å²) >= 11 is 0. The summed E-state index contributed by atoms with van der Waals surface area (Å²) in [5.74, 6) is 0.678. The largest absolute Gasteiger partial charge is 0.459 e. The predicted octanol–water partition coefficient (Wildman–Crippen LogP) is 3.59. The molecule has 3 N–H and O–H groups in total. The Morgan fingerprint density at radius 2 is 1.80 bits per heavy atom. The number of aliphatic hydroxyl groups excluding tert-OH is 1. The lowest BCUT2D eigenvalue weighted by Crippen LogP contribution is -2.42. The van der Waals surface area contributed by atoms with Crippen molar-refractivity contribution in [3.8, 4) is 0 Å². The number of para-hydroxylation sites is 1. The van der Waals surface area contributed by atoms with Gasteiger partial charge in [-0.15, -0.1) is 0 Å². The van der Waals surface area contributed by atoms with Crippen molar-refractivity contribution in [1.29, 1.82) is 0 Å². The molecule has 0 bridgehead atoms. The first-order chi connectivity index (χ1) is 12.2. The second kappa shape index (κ2) is 7.85. The lowest BCUT2D eigenvalue weighted by atomic mass is 10.0. The summed E-state index contributed by atoms with van der Waals surface area (Å²) in [5, 5.41) is 15.8. The van der Waals surface area contributed by atoms with Crippen molar-refractivity contribution >= 4 is 17.0 Å². The number of rotatable bonds is 6. The molecule has 0 fully saturated rings. The van der Waals surface area contributed by atoms with E-state index >= 15 is 0 Å². The van der Waals surface area contributed by atoms with Gasteiger partial charge < -0.3 is 20.2 Å². The van der Waals surface area contributed by atoms with Crippen LogP contribution in [-0.4, -0.2) is 23.8 Å². The zero-order valence-corrected chi connectivity index (χ0v) is 14.1. The minimum absolute atomic E-state index is 0.0349. The zero-order chi connectivity index (χ0) is 17.6. The molecule has 3 rings (SSSR count). The van der Waals surface area contributed by atoms with Crippen molar-refractivity contribution in [2.45, 2.75) is 25.4 Å². The molecule has 0 saturated carbocycles. The number of furan rings is 1. The van der Waals surface area contributed by atoms with Gasteiger partial charge in [-0.3, -0.25) is 0 Å². The monoisotopic (exact) mass is 338 g/mol. The number of carbonyl (C=O) groups excluding carboxylic acids is 1. The summed E-state index contributed by atoms with van der Waals surface area (Å²) in [7, 11) is 0. The fraction of sp³-hybridized carbons (Fsp3) is 0.250. The van der Waals surface area contributed by atoms with Crippen molar-refractivity contribution in [2.75, 3.05) is 6.61 Å². The van der Waals surface area contributed by atoms with Crippen LogP contribution in [0.25, 0.3) is 11.0 Å². The van der Waals surface area contributed by atoms with Crippen LogP contribution in [0.4, 0.5) is 4.79 Å². The molecule has 1 unspecified atom stereocenters. The Labute approximate surface area is 146 Å². The van der Waals surface area contributed by atoms with E-state index in [2.05, 4.69) is 10.6 Å². The molecule has 2 atom stereocenters. The Morgan fingerprint density at radius 1 is 1.08 bits per heavy atom. The first kappa shape index (κ1) is 17.0. The van der Waals surface area contributed by atoms with Gasteiger partial charge in [-0.05, 0) is 31.0 Å². The van der Waals surface area contributed by atoms with E-state index in [9.17, 15) is 4.79 Å². The maximum Gasteiger partial charge on any atom is 0.315 e. The first-order valence-electron chi connectivity index (χ1n) is 8.38. The van der Waals surface area contributed by atoms with E-state index < -0.39 is 6.04 Å². The molecule has 5 nitrogen and oxygen atoms in total. The third-order valence-electron chi connectivity index (χ3n) is 4.08. The highest BCUT2D eigenvalue weighted by atomic mass is 16.3. The third kappa shape index (κ3) is 4.19. The Kier molecular flexibility index (Phi) is 5.36. The second-order valence-corrected chi connectivity index (χ2v) is 6.06. The number of amides is 2. The van der Waals surface area contributed by atoms with Gasteiger partial charge >= 0.3 is 6.03 Å². The fourth-order valence-electron chi connectivity index (χ4n) is 2.77. The van der Waals surface area contributed by atoms with Crippen LogP contribution in [0.15, 0.2) is 65.1 Å². The van der Waals surface area contributed by atoms with Crippen LogP contribution in [-0.2, 0) is 0 Å². The standard InChI is InChI=1S/C20H22N2O3/c1-14(11-12-23)21-20(24)22-19(15-7-3-2-4-8-15)18-13-16-9-5-6-10-17(16)25-18/h2-10,13-14,19,23H,11-12H2,1H3,(H2,21,22,24)/t14-,19?/m1/s1. The molecule has 0 aliphatic heterocycles. The number of nitrogens with one attached hydrogen (secondary N) is 2. The molecule has 3 aromatic rings. The number of hydrogen-bond acceptors (Lipinski definition) is 3. The average molecular weight is 338 g/mol. The smallest absolute Gasteiger partial charge is 0.315 e. The molecular formula is C20H22N2O3. The van der Waals surface area contributed by atoms with Gasteiger partial charge in [-0.25, -0.2) is 4.79 Å². The molecule has 5 heteroatoms. The summed E-state index contributed by atoms with van der Waals surface area (Å²) < 4.78 is 5.96. The molecular weight excluding hydrogens is 316 g/mol. The van der Waals surface area contributed by atoms with Crippen LogP contribution in [0, 0.1) is 0 Å². The van der Waals surface area contributed by atoms with E-state index in [1.807, 2.05) is 67.6 Å². The molecule has 0 saturated heterocycles. The van der Waals surface area contributed by atoms with E-state index in [1.54, 1.807) is 0 Å². The second-order valence-electron chi connectivity index (χ2n) is 6.06. The summed E-state index contributed by atoms with van der Waals surface area (Å²) in [5.41, 5.74) is 1.72. The number of aliphatic hydroxyl groups is 1. The van der Waals surface area contributed by atoms with Gasteiger partial charge in [0.05, 0.1) is 0 Å². The quantitative estimate of drug-likeness (QED) is 0.643. The maximum absolute atomic E-state index is 12.4. The zero-order valence-electron chi connectivity index (χ0n) is 14.1. The molecule has 1 aromatic heterocycles. The van der Waals surface area contributed by atoms with Crippen molar-refractivity contribution < 1.29 is 14.3 Å². The fourth-order valence-corrected chi connectivity index (χ4v) is 2.77. The number of fused-ring (bicyclic) bond motifs is 1. The molecule has 130 valence electrons. The third-order valence-corrected chi connectivity index (χ3v) is 4.08. The van der Waals surface area contributed by atoms with E-state index in [0.29, 0.717) is 12.2 Å². The van der Waals surface area contributed by atoms with Crippen molar-refractivity contribution in [3.05, 3.63) is 72.0 Å². The summed E-state index contributed by atoms with van der Waals surface area (Å²) in [6, 6.07) is 18.6. The summed E-state index contributed by atoms with van der Waals surface area (Å²) in [4.78, 5) is 12.4. The van der Waals surface area contributed by atoms with Gasteiger partial charge in [0.2, 0.25) is 0 Å². The van der Waals surface area contributed by atoms with Crippen molar-refractivity contribution in [2.24, 2.45) is 0 Å². The Morgan fingerprint density at radius 3 is 2.52 bits per heavy atom. The minimum atomic E-state index is -0.394. The van der Waals surface area contributed by atoms with Crippen LogP contribution < -0.4 is 10.6 Å². The lowest BCUT2D eigenvalue weighted by Gasteiger charge is -2.20. The van der Waals surface area contributed by atoms with E-state index in [4.69, 9.17) is 9.52 Å². The highest BCUT2D eigenvalue weighted by Gasteiger charge is 2.21. The van der Waals surface area contributed by atoms with Crippen LogP contribution in [0.1, 0.15) is 30.7 Å². The van der Waals surface area contributed by atoms with Gasteiger partial charge in [0.25, 0.3) is 0 Å². The Bertz CT molecular complexity index is 796. The van der Waals surface area contributed by atoms with Crippen LogP contribution >= 0.6 is 0 Å². The summed E-state index contributed by atoms with van der Waals surface area (Å²) in [6.07, 6.45) is 0.508.